The number of benzene rings is 10. The van der Waals surface area contributed by atoms with E-state index in [4.69, 9.17) is 0 Å². The van der Waals surface area contributed by atoms with Gasteiger partial charge in [-0.25, -0.2) is 0 Å². The lowest BCUT2D eigenvalue weighted by molar-refractivity contribution is 0.662. The van der Waals surface area contributed by atoms with E-state index < -0.39 is 0 Å². The lowest BCUT2D eigenvalue weighted by atomic mass is 9.74. The van der Waals surface area contributed by atoms with Gasteiger partial charge in [0.2, 0.25) is 0 Å². The summed E-state index contributed by atoms with van der Waals surface area (Å²) >= 11 is 0. The van der Waals surface area contributed by atoms with Crippen LogP contribution in [0.5, 0.6) is 0 Å². The van der Waals surface area contributed by atoms with Crippen molar-refractivity contribution in [3.63, 3.8) is 0 Å². The van der Waals surface area contributed by atoms with E-state index in [1.165, 1.54) is 93.9 Å². The number of para-hydroxylation sites is 1. The zero-order valence-corrected chi connectivity index (χ0v) is 35.2. The van der Waals surface area contributed by atoms with Crippen molar-refractivity contribution in [3.05, 3.63) is 246 Å². The molecule has 0 N–H and O–H groups in total. The second-order valence-electron chi connectivity index (χ2n) is 17.8. The van der Waals surface area contributed by atoms with Crippen LogP contribution in [-0.4, -0.2) is 0 Å². The first-order valence-electron chi connectivity index (χ1n) is 21.8. The van der Waals surface area contributed by atoms with E-state index >= 15 is 0 Å². The molecule has 2 aliphatic rings. The Hall–Kier alpha value is -7.48. The predicted octanol–water partition coefficient (Wildman–Crippen LogP) is 16.4. The van der Waals surface area contributed by atoms with Crippen LogP contribution < -0.4 is 4.90 Å². The molecule has 0 bridgehead atoms. The Morgan fingerprint density at radius 1 is 0.339 bits per heavy atom. The molecule has 0 amide bonds. The molecule has 0 spiro atoms. The van der Waals surface area contributed by atoms with Gasteiger partial charge in [0, 0.05) is 27.8 Å². The van der Waals surface area contributed by atoms with Gasteiger partial charge >= 0.3 is 0 Å². The fraction of sp³-hybridized carbons (Fsp3) is 0.0820. The molecule has 1 heteroatoms. The summed E-state index contributed by atoms with van der Waals surface area (Å²) < 4.78 is 0. The van der Waals surface area contributed by atoms with Gasteiger partial charge in [-0.3, -0.25) is 0 Å². The minimum atomic E-state index is -0.324. The predicted molar refractivity (Wildman–Crippen MR) is 262 cm³/mol. The second-order valence-corrected chi connectivity index (χ2v) is 17.8. The largest absolute Gasteiger partial charge is 0.310 e. The summed E-state index contributed by atoms with van der Waals surface area (Å²) in [6, 6.07) is 81.3. The standard InChI is InChI=1S/C61H45N/c1-60(2)55-25-12-9-21-50(55)53-23-15-24-54(59(53)60)52-22-11-14-27-58(52)62(45-33-30-40(31-34-45)42-32-36-48-43(38-42)29-28-41-16-7-8-19-47(41)48)46-35-37-51-49-20-10-13-26-56(49)61(3,57(51)39-46)44-17-5-4-6-18-44/h4-39H,1-3H3. The van der Waals surface area contributed by atoms with Gasteiger partial charge in [0.25, 0.3) is 0 Å². The molecular weight excluding hydrogens is 747 g/mol. The molecule has 1 atom stereocenters. The van der Waals surface area contributed by atoms with Crippen molar-refractivity contribution in [2.75, 3.05) is 4.90 Å². The number of hydrogen-bond donors (Lipinski definition) is 0. The van der Waals surface area contributed by atoms with Crippen LogP contribution in [0.3, 0.4) is 0 Å². The van der Waals surface area contributed by atoms with Gasteiger partial charge in [0.05, 0.1) is 5.69 Å². The highest BCUT2D eigenvalue weighted by Crippen LogP contribution is 2.56. The molecule has 10 aromatic carbocycles. The highest BCUT2D eigenvalue weighted by Gasteiger charge is 2.42. The van der Waals surface area contributed by atoms with Crippen LogP contribution in [0, 0.1) is 0 Å². The maximum Gasteiger partial charge on any atom is 0.0540 e. The second kappa shape index (κ2) is 13.8. The molecule has 1 unspecified atom stereocenters. The molecular formula is C61H45N. The summed E-state index contributed by atoms with van der Waals surface area (Å²) in [6.07, 6.45) is 0. The Morgan fingerprint density at radius 3 is 1.71 bits per heavy atom. The fourth-order valence-electron chi connectivity index (χ4n) is 11.1. The van der Waals surface area contributed by atoms with E-state index in [1.807, 2.05) is 0 Å². The molecule has 10 aromatic rings. The molecule has 0 radical (unpaired) electrons. The maximum absolute atomic E-state index is 2.49. The average Bonchev–Trinajstić information content (AvgIpc) is 3.73. The van der Waals surface area contributed by atoms with E-state index in [1.54, 1.807) is 0 Å². The number of nitrogens with zero attached hydrogens (tertiary/aromatic N) is 1. The minimum absolute atomic E-state index is 0.162. The minimum Gasteiger partial charge on any atom is -0.310 e. The topological polar surface area (TPSA) is 3.24 Å². The van der Waals surface area contributed by atoms with Crippen molar-refractivity contribution in [2.45, 2.75) is 31.6 Å². The number of hydrogen-bond acceptors (Lipinski definition) is 1. The Bertz CT molecular complexity index is 3390. The van der Waals surface area contributed by atoms with Crippen LogP contribution in [0.1, 0.15) is 48.6 Å². The first kappa shape index (κ1) is 36.4. The van der Waals surface area contributed by atoms with Crippen molar-refractivity contribution in [2.24, 2.45) is 0 Å². The average molecular weight is 792 g/mol. The zero-order chi connectivity index (χ0) is 41.6. The van der Waals surface area contributed by atoms with Gasteiger partial charge in [0.15, 0.2) is 0 Å². The fourth-order valence-corrected chi connectivity index (χ4v) is 11.1. The van der Waals surface area contributed by atoms with Crippen molar-refractivity contribution >= 4 is 38.6 Å². The van der Waals surface area contributed by atoms with E-state index in [9.17, 15) is 0 Å². The molecule has 12 rings (SSSR count). The quantitative estimate of drug-likeness (QED) is 0.152. The third-order valence-corrected chi connectivity index (χ3v) is 14.1. The first-order chi connectivity index (χ1) is 30.4. The summed E-state index contributed by atoms with van der Waals surface area (Å²) in [6.45, 7) is 7.18. The van der Waals surface area contributed by atoms with E-state index in [-0.39, 0.29) is 10.8 Å². The normalized spacial score (nSPS) is 15.5. The van der Waals surface area contributed by atoms with Gasteiger partial charge < -0.3 is 4.90 Å². The van der Waals surface area contributed by atoms with Crippen LogP contribution >= 0.6 is 0 Å². The van der Waals surface area contributed by atoms with Crippen molar-refractivity contribution in [1.82, 2.24) is 0 Å². The smallest absolute Gasteiger partial charge is 0.0540 e. The Labute approximate surface area is 364 Å². The molecule has 0 aromatic heterocycles. The van der Waals surface area contributed by atoms with Crippen LogP contribution in [0.25, 0.3) is 66.1 Å². The highest BCUT2D eigenvalue weighted by atomic mass is 15.1. The zero-order valence-electron chi connectivity index (χ0n) is 35.2. The van der Waals surface area contributed by atoms with Crippen LogP contribution in [0.2, 0.25) is 0 Å². The molecule has 2 aliphatic carbocycles. The molecule has 0 fully saturated rings. The third kappa shape index (κ3) is 5.34. The summed E-state index contributed by atoms with van der Waals surface area (Å²) in [7, 11) is 0. The lowest BCUT2D eigenvalue weighted by Crippen LogP contribution is -2.23. The Kier molecular flexibility index (Phi) is 8.08. The number of fused-ring (bicyclic) bond motifs is 9. The lowest BCUT2D eigenvalue weighted by Gasteiger charge is -2.32. The number of anilines is 3. The van der Waals surface area contributed by atoms with Crippen molar-refractivity contribution in [3.8, 4) is 44.5 Å². The van der Waals surface area contributed by atoms with E-state index in [2.05, 4.69) is 244 Å². The van der Waals surface area contributed by atoms with Crippen LogP contribution in [0.15, 0.2) is 218 Å². The van der Waals surface area contributed by atoms with E-state index in [0.717, 1.165) is 17.1 Å². The summed E-state index contributed by atoms with van der Waals surface area (Å²) in [5.41, 5.74) is 19.8. The molecule has 0 saturated carbocycles. The molecule has 62 heavy (non-hydrogen) atoms. The molecule has 0 saturated heterocycles. The van der Waals surface area contributed by atoms with Crippen molar-refractivity contribution in [1.29, 1.82) is 0 Å². The first-order valence-corrected chi connectivity index (χ1v) is 21.8. The Balaban J connectivity index is 1.05. The Morgan fingerprint density at radius 2 is 0.903 bits per heavy atom. The molecule has 294 valence electrons. The summed E-state index contributed by atoms with van der Waals surface area (Å²) in [4.78, 5) is 2.49. The highest BCUT2D eigenvalue weighted by molar-refractivity contribution is 6.08. The number of rotatable bonds is 6. The van der Waals surface area contributed by atoms with Crippen LogP contribution in [0.4, 0.5) is 17.1 Å². The maximum atomic E-state index is 2.49. The summed E-state index contributed by atoms with van der Waals surface area (Å²) in [5.74, 6) is 0. The van der Waals surface area contributed by atoms with Gasteiger partial charge in [0.1, 0.15) is 0 Å². The van der Waals surface area contributed by atoms with Gasteiger partial charge in [-0.15, -0.1) is 0 Å². The molecule has 0 heterocycles. The van der Waals surface area contributed by atoms with Crippen molar-refractivity contribution < 1.29 is 0 Å². The third-order valence-electron chi connectivity index (χ3n) is 14.1. The van der Waals surface area contributed by atoms with E-state index in [0.29, 0.717) is 0 Å². The molecule has 1 nitrogen and oxygen atoms in total. The monoisotopic (exact) mass is 791 g/mol. The molecule has 0 aliphatic heterocycles. The van der Waals surface area contributed by atoms with Crippen LogP contribution in [-0.2, 0) is 10.8 Å². The SMILES string of the molecule is CC1(C)c2ccccc2-c2cccc(-c3ccccc3N(c3ccc(-c4ccc5c(ccc6ccccc65)c4)cc3)c3ccc4c(c3)C(C)(c3ccccc3)c3ccccc3-4)c21. The summed E-state index contributed by atoms with van der Waals surface area (Å²) in [5, 5.41) is 5.09. The van der Waals surface area contributed by atoms with Gasteiger partial charge in [-0.05, 0) is 132 Å². The van der Waals surface area contributed by atoms with Gasteiger partial charge in [-0.1, -0.05) is 196 Å². The van der Waals surface area contributed by atoms with Gasteiger partial charge in [-0.2, -0.15) is 0 Å².